The summed E-state index contributed by atoms with van der Waals surface area (Å²) >= 11 is 0. The van der Waals surface area contributed by atoms with Gasteiger partial charge in [-0.05, 0) is 31.9 Å². The molecule has 0 spiro atoms. The Hall–Kier alpha value is -2.42. The number of fused-ring (bicyclic) bond motifs is 1. The van der Waals surface area contributed by atoms with Gasteiger partial charge in [0.15, 0.2) is 0 Å². The van der Waals surface area contributed by atoms with Crippen LogP contribution in [0.15, 0.2) is 34.2 Å². The summed E-state index contributed by atoms with van der Waals surface area (Å²) in [6.45, 7) is 5.04. The van der Waals surface area contributed by atoms with Crippen molar-refractivity contribution in [2.24, 2.45) is 10.4 Å². The molecule has 8 nitrogen and oxygen atoms in total. The average Bonchev–Trinajstić information content (AvgIpc) is 2.86. The first kappa shape index (κ1) is 19.9. The number of rotatable bonds is 7. The van der Waals surface area contributed by atoms with Crippen LogP contribution in [0.1, 0.15) is 39.2 Å². The second-order valence-electron chi connectivity index (χ2n) is 6.27. The van der Waals surface area contributed by atoms with Crippen LogP contribution in [0, 0.1) is 5.41 Å². The molecule has 1 heterocycles. The summed E-state index contributed by atoms with van der Waals surface area (Å²) in [5.41, 5.74) is -0.612. The normalized spacial score (nSPS) is 18.0. The molecule has 0 radical (unpaired) electrons. The van der Waals surface area contributed by atoms with Gasteiger partial charge in [0.05, 0.1) is 10.3 Å². The van der Waals surface area contributed by atoms with Gasteiger partial charge in [-0.2, -0.15) is 0 Å². The number of benzene rings is 1. The second kappa shape index (κ2) is 7.45. The topological polar surface area (TPSA) is 125 Å². The molecule has 26 heavy (non-hydrogen) atoms. The summed E-state index contributed by atoms with van der Waals surface area (Å²) in [4.78, 5) is 28.1. The highest BCUT2D eigenvalue weighted by Gasteiger charge is 2.36. The molecule has 1 aromatic carbocycles. The molecule has 0 fully saturated rings. The van der Waals surface area contributed by atoms with E-state index in [-0.39, 0.29) is 17.3 Å². The Balaban J connectivity index is 2.15. The molecule has 2 rings (SSSR count). The third kappa shape index (κ3) is 3.72. The van der Waals surface area contributed by atoms with Gasteiger partial charge in [-0.25, -0.2) is 8.42 Å². The number of amides is 1. The molecule has 1 aliphatic rings. The van der Waals surface area contributed by atoms with Crippen molar-refractivity contribution < 1.29 is 23.1 Å². The maximum Gasteiger partial charge on any atom is 0.311 e. The number of nitrogens with zero attached hydrogens (tertiary/aromatic N) is 1. The largest absolute Gasteiger partial charge is 0.481 e. The van der Waals surface area contributed by atoms with E-state index in [1.165, 1.54) is 13.0 Å². The van der Waals surface area contributed by atoms with Crippen LogP contribution in [0.5, 0.6) is 0 Å². The van der Waals surface area contributed by atoms with Crippen LogP contribution in [0.4, 0.5) is 0 Å². The molecule has 0 aliphatic carbocycles. The Morgan fingerprint density at radius 1 is 1.27 bits per heavy atom. The minimum Gasteiger partial charge on any atom is -0.481 e. The molecule has 0 saturated carbocycles. The predicted molar refractivity (Wildman–Crippen MR) is 96.4 cm³/mol. The smallest absolute Gasteiger partial charge is 0.311 e. The predicted octanol–water partition coefficient (Wildman–Crippen LogP) is 1.12. The Morgan fingerprint density at radius 2 is 1.88 bits per heavy atom. The van der Waals surface area contributed by atoms with Crippen molar-refractivity contribution in [3.8, 4) is 0 Å². The molecule has 0 bridgehead atoms. The summed E-state index contributed by atoms with van der Waals surface area (Å²) < 4.78 is 26.5. The number of amidine groups is 1. The van der Waals surface area contributed by atoms with E-state index < -0.39 is 33.4 Å². The maximum absolute atomic E-state index is 12.3. The summed E-state index contributed by atoms with van der Waals surface area (Å²) in [6.07, 6.45) is 0.768. The molecule has 0 saturated heterocycles. The van der Waals surface area contributed by atoms with Gasteiger partial charge < -0.3 is 10.4 Å². The van der Waals surface area contributed by atoms with Crippen LogP contribution in [-0.4, -0.2) is 43.8 Å². The molecule has 9 heteroatoms. The zero-order valence-electron chi connectivity index (χ0n) is 14.9. The van der Waals surface area contributed by atoms with Gasteiger partial charge in [0.2, 0.25) is 5.91 Å². The van der Waals surface area contributed by atoms with E-state index in [4.69, 9.17) is 0 Å². The van der Waals surface area contributed by atoms with E-state index in [9.17, 15) is 23.1 Å². The summed E-state index contributed by atoms with van der Waals surface area (Å²) in [5, 5.41) is 12.0. The van der Waals surface area contributed by atoms with Crippen molar-refractivity contribution in [1.82, 2.24) is 10.0 Å². The molecule has 142 valence electrons. The zero-order chi connectivity index (χ0) is 19.5. The SMILES string of the molecule is CCC(CC)(CNC(=O)C(C)N=C1NS(=O)(=O)c2ccccc21)C(=O)O. The molecule has 1 amide bonds. The fraction of sp³-hybridized carbons (Fsp3) is 0.471. The number of carboxylic acid groups (broad SMARTS) is 1. The lowest BCUT2D eigenvalue weighted by Gasteiger charge is -2.27. The highest BCUT2D eigenvalue weighted by molar-refractivity contribution is 7.90. The van der Waals surface area contributed by atoms with Gasteiger partial charge >= 0.3 is 5.97 Å². The molecule has 1 atom stereocenters. The van der Waals surface area contributed by atoms with E-state index in [1.807, 2.05) is 0 Å². The number of nitrogens with one attached hydrogen (secondary N) is 2. The quantitative estimate of drug-likeness (QED) is 0.653. The number of carbonyl (C=O) groups excluding carboxylic acids is 1. The molecule has 1 unspecified atom stereocenters. The monoisotopic (exact) mass is 381 g/mol. The first-order chi connectivity index (χ1) is 12.2. The highest BCUT2D eigenvalue weighted by atomic mass is 32.2. The molecular formula is C17H23N3O5S. The van der Waals surface area contributed by atoms with Crippen molar-refractivity contribution in [2.75, 3.05) is 6.54 Å². The standard InChI is InChI=1S/C17H23N3O5S/c1-4-17(5-2,16(22)23)10-18-15(21)11(3)19-14-12-8-6-7-9-13(12)26(24,25)20-14/h6-9,11H,4-5,10H2,1-3H3,(H,18,21)(H,19,20)(H,22,23). The van der Waals surface area contributed by atoms with Gasteiger partial charge in [-0.3, -0.25) is 19.3 Å². The number of hydrogen-bond donors (Lipinski definition) is 3. The molecular weight excluding hydrogens is 358 g/mol. The number of sulfonamides is 1. The van der Waals surface area contributed by atoms with Gasteiger partial charge in [-0.15, -0.1) is 0 Å². The van der Waals surface area contributed by atoms with Gasteiger partial charge in [0.1, 0.15) is 11.9 Å². The first-order valence-corrected chi connectivity index (χ1v) is 9.86. The molecule has 3 N–H and O–H groups in total. The van der Waals surface area contributed by atoms with E-state index in [0.717, 1.165) is 0 Å². The van der Waals surface area contributed by atoms with Crippen LogP contribution in [0.3, 0.4) is 0 Å². The number of carboxylic acids is 1. The average molecular weight is 381 g/mol. The highest BCUT2D eigenvalue weighted by Crippen LogP contribution is 2.26. The van der Waals surface area contributed by atoms with Crippen molar-refractivity contribution in [2.45, 2.75) is 44.6 Å². The van der Waals surface area contributed by atoms with Crippen LogP contribution in [-0.2, 0) is 19.6 Å². The first-order valence-electron chi connectivity index (χ1n) is 8.38. The third-order valence-electron chi connectivity index (χ3n) is 4.77. The third-order valence-corrected chi connectivity index (χ3v) is 6.17. The summed E-state index contributed by atoms with van der Waals surface area (Å²) in [6, 6.07) is 5.50. The molecule has 1 aromatic rings. The fourth-order valence-electron chi connectivity index (χ4n) is 2.76. The van der Waals surface area contributed by atoms with Gasteiger partial charge in [0.25, 0.3) is 10.0 Å². The Kier molecular flexibility index (Phi) is 5.70. The number of carbonyl (C=O) groups is 2. The fourth-order valence-corrected chi connectivity index (χ4v) is 4.00. The molecule has 1 aliphatic heterocycles. The van der Waals surface area contributed by atoms with Gasteiger partial charge in [0, 0.05) is 12.1 Å². The van der Waals surface area contributed by atoms with Crippen LogP contribution in [0.2, 0.25) is 0 Å². The van der Waals surface area contributed by atoms with Crippen molar-refractivity contribution in [3.63, 3.8) is 0 Å². The lowest BCUT2D eigenvalue weighted by molar-refractivity contribution is -0.149. The summed E-state index contributed by atoms with van der Waals surface area (Å²) in [5.74, 6) is -1.31. The Labute approximate surface area is 152 Å². The molecule has 0 aromatic heterocycles. The van der Waals surface area contributed by atoms with E-state index in [0.29, 0.717) is 18.4 Å². The van der Waals surface area contributed by atoms with Gasteiger partial charge in [-0.1, -0.05) is 26.0 Å². The minimum absolute atomic E-state index is 0.00826. The van der Waals surface area contributed by atoms with Crippen LogP contribution >= 0.6 is 0 Å². The lowest BCUT2D eigenvalue weighted by Crippen LogP contribution is -2.44. The Morgan fingerprint density at radius 3 is 2.46 bits per heavy atom. The van der Waals surface area contributed by atoms with E-state index in [1.54, 1.807) is 32.0 Å². The van der Waals surface area contributed by atoms with Crippen LogP contribution in [0.25, 0.3) is 0 Å². The Bertz CT molecular complexity index is 844. The minimum atomic E-state index is -3.67. The second-order valence-corrected chi connectivity index (χ2v) is 7.92. The zero-order valence-corrected chi connectivity index (χ0v) is 15.8. The van der Waals surface area contributed by atoms with E-state index in [2.05, 4.69) is 15.0 Å². The van der Waals surface area contributed by atoms with Crippen LogP contribution < -0.4 is 10.0 Å². The van der Waals surface area contributed by atoms with Crippen molar-refractivity contribution in [3.05, 3.63) is 29.8 Å². The number of aliphatic imine (C=N–C) groups is 1. The van der Waals surface area contributed by atoms with E-state index >= 15 is 0 Å². The lowest BCUT2D eigenvalue weighted by atomic mass is 9.82. The number of hydrogen-bond acceptors (Lipinski definition) is 5. The number of aliphatic carboxylic acids is 1. The van der Waals surface area contributed by atoms with Crippen molar-refractivity contribution in [1.29, 1.82) is 0 Å². The maximum atomic E-state index is 12.3. The van der Waals surface area contributed by atoms with Crippen molar-refractivity contribution >= 4 is 27.7 Å². The summed E-state index contributed by atoms with van der Waals surface area (Å²) in [7, 11) is -3.67.